The molecular weight excluding hydrogens is 389 g/mol. The molecule has 3 rings (SSSR count). The van der Waals surface area contributed by atoms with Crippen molar-refractivity contribution in [1.29, 1.82) is 0 Å². The standard InChI is InChI=1S/C19H21Cl2N3OS/c1-13-12-23(19(26)22-16-10-14(20)9-15(21)11-16)7-8-24(13)17-3-5-18(25-2)6-4-17/h3-6,9-11,13H,7-8,12H2,1-2H3,(H,22,26). The Balaban J connectivity index is 1.62. The van der Waals surface area contributed by atoms with E-state index in [1.165, 1.54) is 5.69 Å². The van der Waals surface area contributed by atoms with Crippen LogP contribution in [0, 0.1) is 0 Å². The Morgan fingerprint density at radius 2 is 1.77 bits per heavy atom. The van der Waals surface area contributed by atoms with E-state index in [1.807, 2.05) is 24.3 Å². The van der Waals surface area contributed by atoms with Crippen LogP contribution in [0.15, 0.2) is 42.5 Å². The molecule has 1 saturated heterocycles. The number of hydrogen-bond donors (Lipinski definition) is 1. The molecule has 0 aliphatic carbocycles. The number of hydrogen-bond acceptors (Lipinski definition) is 3. The van der Waals surface area contributed by atoms with Gasteiger partial charge < -0.3 is 19.9 Å². The third kappa shape index (κ3) is 4.53. The molecule has 1 aliphatic heterocycles. The van der Waals surface area contributed by atoms with Crippen LogP contribution in [-0.4, -0.2) is 42.8 Å². The first-order valence-corrected chi connectivity index (χ1v) is 9.55. The minimum Gasteiger partial charge on any atom is -0.497 e. The first-order chi connectivity index (χ1) is 12.5. The number of ether oxygens (including phenoxy) is 1. The lowest BCUT2D eigenvalue weighted by atomic mass is 10.1. The highest BCUT2D eigenvalue weighted by molar-refractivity contribution is 7.80. The largest absolute Gasteiger partial charge is 0.497 e. The van der Waals surface area contributed by atoms with Crippen LogP contribution in [-0.2, 0) is 0 Å². The van der Waals surface area contributed by atoms with Crippen molar-refractivity contribution >= 4 is 51.9 Å². The number of halogens is 2. The molecule has 4 nitrogen and oxygen atoms in total. The average Bonchev–Trinajstić information content (AvgIpc) is 2.61. The smallest absolute Gasteiger partial charge is 0.173 e. The SMILES string of the molecule is COc1ccc(N2CCN(C(=S)Nc3cc(Cl)cc(Cl)c3)CC2C)cc1. The summed E-state index contributed by atoms with van der Waals surface area (Å²) in [4.78, 5) is 4.56. The molecule has 0 spiro atoms. The fraction of sp³-hybridized carbons (Fsp3) is 0.316. The van der Waals surface area contributed by atoms with Gasteiger partial charge in [-0.25, -0.2) is 0 Å². The highest BCUT2D eigenvalue weighted by Crippen LogP contribution is 2.25. The van der Waals surface area contributed by atoms with Crippen molar-refractivity contribution in [3.8, 4) is 5.75 Å². The van der Waals surface area contributed by atoms with Crippen LogP contribution in [0.2, 0.25) is 10.0 Å². The van der Waals surface area contributed by atoms with Crippen molar-refractivity contribution < 1.29 is 4.74 Å². The molecule has 0 amide bonds. The third-order valence-electron chi connectivity index (χ3n) is 4.43. The number of thiocarbonyl (C=S) groups is 1. The number of benzene rings is 2. The van der Waals surface area contributed by atoms with Gasteiger partial charge in [0, 0.05) is 47.1 Å². The molecule has 0 saturated carbocycles. The number of anilines is 2. The Labute approximate surface area is 169 Å². The summed E-state index contributed by atoms with van der Waals surface area (Å²) in [5, 5.41) is 5.09. The normalized spacial score (nSPS) is 17.2. The maximum atomic E-state index is 6.05. The van der Waals surface area contributed by atoms with Gasteiger partial charge in [0.2, 0.25) is 0 Å². The van der Waals surface area contributed by atoms with Crippen LogP contribution in [0.3, 0.4) is 0 Å². The Morgan fingerprint density at radius 1 is 1.12 bits per heavy atom. The summed E-state index contributed by atoms with van der Waals surface area (Å²) in [5.41, 5.74) is 2.00. The van der Waals surface area contributed by atoms with Gasteiger partial charge in [-0.15, -0.1) is 0 Å². The zero-order chi connectivity index (χ0) is 18.7. The van der Waals surface area contributed by atoms with Crippen molar-refractivity contribution in [1.82, 2.24) is 4.90 Å². The predicted octanol–water partition coefficient (Wildman–Crippen LogP) is 4.91. The molecule has 1 atom stereocenters. The lowest BCUT2D eigenvalue weighted by Crippen LogP contribution is -2.54. The summed E-state index contributed by atoms with van der Waals surface area (Å²) in [6.45, 7) is 4.78. The molecule has 26 heavy (non-hydrogen) atoms. The quantitative estimate of drug-likeness (QED) is 0.726. The second-order valence-corrected chi connectivity index (χ2v) is 7.53. The molecule has 7 heteroatoms. The van der Waals surface area contributed by atoms with E-state index in [-0.39, 0.29) is 0 Å². The highest BCUT2D eigenvalue weighted by Gasteiger charge is 2.25. The average molecular weight is 410 g/mol. The van der Waals surface area contributed by atoms with Crippen molar-refractivity contribution in [2.24, 2.45) is 0 Å². The third-order valence-corrected chi connectivity index (χ3v) is 5.23. The minimum atomic E-state index is 0.333. The molecule has 2 aromatic carbocycles. The van der Waals surface area contributed by atoms with Crippen LogP contribution in [0.5, 0.6) is 5.75 Å². The maximum absolute atomic E-state index is 6.05. The van der Waals surface area contributed by atoms with Crippen LogP contribution in [0.25, 0.3) is 0 Å². The van der Waals surface area contributed by atoms with E-state index in [9.17, 15) is 0 Å². The number of rotatable bonds is 3. The Hall–Kier alpha value is -1.69. The summed E-state index contributed by atoms with van der Waals surface area (Å²) in [7, 11) is 1.68. The van der Waals surface area contributed by atoms with E-state index < -0.39 is 0 Å². The summed E-state index contributed by atoms with van der Waals surface area (Å²) >= 11 is 17.7. The Kier molecular flexibility index (Phi) is 6.12. The predicted molar refractivity (Wildman–Crippen MR) is 114 cm³/mol. The Morgan fingerprint density at radius 3 is 2.35 bits per heavy atom. The van der Waals surface area contributed by atoms with Crippen molar-refractivity contribution in [3.05, 3.63) is 52.5 Å². The van der Waals surface area contributed by atoms with E-state index in [0.29, 0.717) is 21.2 Å². The summed E-state index contributed by atoms with van der Waals surface area (Å²) in [6, 6.07) is 13.8. The van der Waals surface area contributed by atoms with Gasteiger partial charge in [-0.05, 0) is 61.6 Å². The highest BCUT2D eigenvalue weighted by atomic mass is 35.5. The van der Waals surface area contributed by atoms with E-state index in [0.717, 1.165) is 31.1 Å². The zero-order valence-corrected chi connectivity index (χ0v) is 17.0. The molecule has 1 heterocycles. The first-order valence-electron chi connectivity index (χ1n) is 8.39. The van der Waals surface area contributed by atoms with Crippen molar-refractivity contribution in [3.63, 3.8) is 0 Å². The Bertz CT molecular complexity index is 765. The summed E-state index contributed by atoms with van der Waals surface area (Å²) in [6.07, 6.45) is 0. The molecule has 0 aromatic heterocycles. The van der Waals surface area contributed by atoms with Gasteiger partial charge in [-0.2, -0.15) is 0 Å². The molecule has 2 aromatic rings. The number of piperazine rings is 1. The first kappa shape index (κ1) is 19.1. The fourth-order valence-electron chi connectivity index (χ4n) is 3.13. The summed E-state index contributed by atoms with van der Waals surface area (Å²) < 4.78 is 5.23. The molecule has 1 N–H and O–H groups in total. The minimum absolute atomic E-state index is 0.333. The summed E-state index contributed by atoms with van der Waals surface area (Å²) in [5.74, 6) is 0.866. The lowest BCUT2D eigenvalue weighted by Gasteiger charge is -2.42. The zero-order valence-electron chi connectivity index (χ0n) is 14.7. The topological polar surface area (TPSA) is 27.7 Å². The van der Waals surface area contributed by atoms with E-state index in [1.54, 1.807) is 13.2 Å². The van der Waals surface area contributed by atoms with Crippen molar-refractivity contribution in [2.45, 2.75) is 13.0 Å². The van der Waals surface area contributed by atoms with Crippen LogP contribution in [0.4, 0.5) is 11.4 Å². The van der Waals surface area contributed by atoms with Gasteiger partial charge in [-0.1, -0.05) is 23.2 Å². The van der Waals surface area contributed by atoms with E-state index >= 15 is 0 Å². The van der Waals surface area contributed by atoms with Gasteiger partial charge in [0.1, 0.15) is 5.75 Å². The van der Waals surface area contributed by atoms with Gasteiger partial charge >= 0.3 is 0 Å². The monoisotopic (exact) mass is 409 g/mol. The second-order valence-electron chi connectivity index (χ2n) is 6.27. The molecule has 1 unspecified atom stereocenters. The van der Waals surface area contributed by atoms with Gasteiger partial charge in [0.05, 0.1) is 7.11 Å². The number of nitrogens with one attached hydrogen (secondary N) is 1. The van der Waals surface area contributed by atoms with Gasteiger partial charge in [0.15, 0.2) is 5.11 Å². The number of methoxy groups -OCH3 is 1. The second kappa shape index (κ2) is 8.33. The van der Waals surface area contributed by atoms with Crippen LogP contribution >= 0.6 is 35.4 Å². The lowest BCUT2D eigenvalue weighted by molar-refractivity contribution is 0.342. The molecule has 0 bridgehead atoms. The van der Waals surface area contributed by atoms with E-state index in [4.69, 9.17) is 40.2 Å². The molecule has 1 aliphatic rings. The fourth-order valence-corrected chi connectivity index (χ4v) is 3.94. The van der Waals surface area contributed by atoms with E-state index in [2.05, 4.69) is 34.2 Å². The van der Waals surface area contributed by atoms with Gasteiger partial charge in [0.25, 0.3) is 0 Å². The maximum Gasteiger partial charge on any atom is 0.173 e. The molecular formula is C19H21Cl2N3OS. The van der Waals surface area contributed by atoms with Gasteiger partial charge in [-0.3, -0.25) is 0 Å². The number of nitrogens with zero attached hydrogens (tertiary/aromatic N) is 2. The molecule has 138 valence electrons. The van der Waals surface area contributed by atoms with Crippen LogP contribution < -0.4 is 15.0 Å². The van der Waals surface area contributed by atoms with Crippen molar-refractivity contribution in [2.75, 3.05) is 37.0 Å². The van der Waals surface area contributed by atoms with Crippen LogP contribution in [0.1, 0.15) is 6.92 Å². The molecule has 0 radical (unpaired) electrons. The molecule has 1 fully saturated rings.